The molecule has 0 aromatic heterocycles. The van der Waals surface area contributed by atoms with Gasteiger partial charge in [-0.15, -0.1) is 0 Å². The third kappa shape index (κ3) is 3.41. The van der Waals surface area contributed by atoms with E-state index in [1.165, 1.54) is 0 Å². The van der Waals surface area contributed by atoms with Gasteiger partial charge in [0.15, 0.2) is 11.5 Å². The summed E-state index contributed by atoms with van der Waals surface area (Å²) in [6, 6.07) is 20.7. The van der Waals surface area contributed by atoms with Crippen molar-refractivity contribution < 1.29 is 19.0 Å². The summed E-state index contributed by atoms with van der Waals surface area (Å²) >= 11 is 0. The van der Waals surface area contributed by atoms with Crippen LogP contribution in [0, 0.1) is 0 Å². The highest BCUT2D eigenvalue weighted by molar-refractivity contribution is 6.12. The normalized spacial score (nSPS) is 15.2. The lowest BCUT2D eigenvalue weighted by Gasteiger charge is -2.38. The molecule has 1 N–H and O–H groups in total. The van der Waals surface area contributed by atoms with Gasteiger partial charge in [0.2, 0.25) is 0 Å². The molecule has 154 valence electrons. The summed E-state index contributed by atoms with van der Waals surface area (Å²) in [5.41, 5.74) is 2.90. The van der Waals surface area contributed by atoms with Gasteiger partial charge >= 0.3 is 0 Å². The maximum Gasteiger partial charge on any atom is 0.262 e. The molecular formula is C24H24N2O4. The Labute approximate surface area is 176 Å². The summed E-state index contributed by atoms with van der Waals surface area (Å²) in [6.07, 6.45) is -0.491. The molecule has 30 heavy (non-hydrogen) atoms. The number of hydrogen-bond donors (Lipinski definition) is 1. The van der Waals surface area contributed by atoms with Crippen LogP contribution in [0.15, 0.2) is 66.7 Å². The fraction of sp³-hybridized carbons (Fsp3) is 0.208. The minimum atomic E-state index is -0.491. The summed E-state index contributed by atoms with van der Waals surface area (Å²) in [5.74, 6) is 1.80. The van der Waals surface area contributed by atoms with Gasteiger partial charge in [-0.25, -0.2) is 0 Å². The van der Waals surface area contributed by atoms with Gasteiger partial charge in [-0.05, 0) is 37.3 Å². The Morgan fingerprint density at radius 2 is 1.77 bits per heavy atom. The highest BCUT2D eigenvalue weighted by Gasteiger charge is 2.36. The lowest BCUT2D eigenvalue weighted by Crippen LogP contribution is -2.43. The van der Waals surface area contributed by atoms with E-state index in [4.69, 9.17) is 14.2 Å². The van der Waals surface area contributed by atoms with E-state index in [2.05, 4.69) is 5.32 Å². The summed E-state index contributed by atoms with van der Waals surface area (Å²) in [5, 5.41) is 3.50. The summed E-state index contributed by atoms with van der Waals surface area (Å²) in [4.78, 5) is 15.3. The monoisotopic (exact) mass is 404 g/mol. The van der Waals surface area contributed by atoms with Crippen molar-refractivity contribution in [3.8, 4) is 17.2 Å². The second kappa shape index (κ2) is 8.37. The molecule has 1 amide bonds. The molecule has 0 saturated heterocycles. The van der Waals surface area contributed by atoms with E-state index >= 15 is 0 Å². The molecule has 1 atom stereocenters. The van der Waals surface area contributed by atoms with Crippen LogP contribution in [-0.2, 0) is 0 Å². The van der Waals surface area contributed by atoms with Gasteiger partial charge in [-0.2, -0.15) is 0 Å². The molecule has 0 unspecified atom stereocenters. The van der Waals surface area contributed by atoms with Gasteiger partial charge in [-0.3, -0.25) is 9.69 Å². The van der Waals surface area contributed by atoms with Crippen molar-refractivity contribution in [2.75, 3.05) is 31.0 Å². The third-order valence-corrected chi connectivity index (χ3v) is 5.07. The largest absolute Gasteiger partial charge is 0.497 e. The molecule has 3 aromatic rings. The third-order valence-electron chi connectivity index (χ3n) is 5.07. The Balaban J connectivity index is 1.90. The van der Waals surface area contributed by atoms with E-state index in [9.17, 15) is 4.79 Å². The molecule has 0 radical (unpaired) electrons. The SMILES string of the molecule is CCOc1cccc([C@H]2Nc3ccccc3C(=O)N2c2cccc(OC)c2)c1OC. The number of amides is 1. The molecule has 1 heterocycles. The van der Waals surface area contributed by atoms with Crippen molar-refractivity contribution >= 4 is 17.3 Å². The topological polar surface area (TPSA) is 60.0 Å². The molecule has 6 heteroatoms. The molecule has 1 aliphatic rings. The van der Waals surface area contributed by atoms with Gasteiger partial charge in [0, 0.05) is 17.3 Å². The molecular weight excluding hydrogens is 380 g/mol. The molecule has 6 nitrogen and oxygen atoms in total. The Morgan fingerprint density at radius 1 is 0.967 bits per heavy atom. The fourth-order valence-corrected chi connectivity index (χ4v) is 3.73. The summed E-state index contributed by atoms with van der Waals surface area (Å²) in [6.45, 7) is 2.44. The molecule has 0 aliphatic carbocycles. The van der Waals surface area contributed by atoms with Crippen LogP contribution in [-0.4, -0.2) is 26.7 Å². The van der Waals surface area contributed by atoms with E-state index in [-0.39, 0.29) is 5.91 Å². The first kappa shape index (κ1) is 19.6. The van der Waals surface area contributed by atoms with E-state index in [1.54, 1.807) is 19.1 Å². The predicted octanol–water partition coefficient (Wildman–Crippen LogP) is 4.87. The molecule has 1 aliphatic heterocycles. The molecule has 0 bridgehead atoms. The van der Waals surface area contributed by atoms with Crippen molar-refractivity contribution in [2.45, 2.75) is 13.1 Å². The summed E-state index contributed by atoms with van der Waals surface area (Å²) in [7, 11) is 3.21. The van der Waals surface area contributed by atoms with Crippen molar-refractivity contribution in [3.63, 3.8) is 0 Å². The quantitative estimate of drug-likeness (QED) is 0.635. The standard InChI is InChI=1S/C24H24N2O4/c1-4-30-21-14-8-12-19(22(21)29-3)23-25-20-13-6-5-11-18(20)24(27)26(23)16-9-7-10-17(15-16)28-2/h5-15,23,25H,4H2,1-3H3/t23-/m0/s1. The van der Waals surface area contributed by atoms with Crippen molar-refractivity contribution in [2.24, 2.45) is 0 Å². The van der Waals surface area contributed by atoms with Gasteiger partial charge in [0.1, 0.15) is 11.9 Å². The molecule has 0 spiro atoms. The van der Waals surface area contributed by atoms with Gasteiger partial charge in [0.05, 0.1) is 32.1 Å². The van der Waals surface area contributed by atoms with Crippen LogP contribution < -0.4 is 24.4 Å². The van der Waals surface area contributed by atoms with Crippen LogP contribution in [0.5, 0.6) is 17.2 Å². The number of nitrogens with one attached hydrogen (secondary N) is 1. The first-order chi connectivity index (χ1) is 14.7. The molecule has 4 rings (SSSR count). The summed E-state index contributed by atoms with van der Waals surface area (Å²) < 4.78 is 16.8. The fourth-order valence-electron chi connectivity index (χ4n) is 3.73. The van der Waals surface area contributed by atoms with Gasteiger partial charge in [-0.1, -0.05) is 30.3 Å². The number of carbonyl (C=O) groups is 1. The first-order valence-corrected chi connectivity index (χ1v) is 9.80. The lowest BCUT2D eigenvalue weighted by molar-refractivity contribution is 0.0974. The van der Waals surface area contributed by atoms with Crippen LogP contribution in [0.25, 0.3) is 0 Å². The number of benzene rings is 3. The number of anilines is 2. The van der Waals surface area contributed by atoms with Crippen LogP contribution in [0.4, 0.5) is 11.4 Å². The zero-order valence-electron chi connectivity index (χ0n) is 17.2. The van der Waals surface area contributed by atoms with Gasteiger partial charge in [0.25, 0.3) is 5.91 Å². The van der Waals surface area contributed by atoms with E-state index in [0.717, 1.165) is 16.9 Å². The van der Waals surface area contributed by atoms with Crippen LogP contribution >= 0.6 is 0 Å². The Kier molecular flexibility index (Phi) is 5.48. The van der Waals surface area contributed by atoms with Crippen molar-refractivity contribution in [3.05, 3.63) is 77.9 Å². The maximum absolute atomic E-state index is 13.6. The Morgan fingerprint density at radius 3 is 2.53 bits per heavy atom. The number of hydrogen-bond acceptors (Lipinski definition) is 5. The van der Waals surface area contributed by atoms with Crippen LogP contribution in [0.1, 0.15) is 29.0 Å². The highest BCUT2D eigenvalue weighted by Crippen LogP contribution is 2.43. The van der Waals surface area contributed by atoms with Crippen LogP contribution in [0.2, 0.25) is 0 Å². The minimum Gasteiger partial charge on any atom is -0.497 e. The Bertz CT molecular complexity index is 1070. The maximum atomic E-state index is 13.6. The molecule has 3 aromatic carbocycles. The van der Waals surface area contributed by atoms with E-state index < -0.39 is 6.17 Å². The van der Waals surface area contributed by atoms with Gasteiger partial charge < -0.3 is 19.5 Å². The van der Waals surface area contributed by atoms with Crippen molar-refractivity contribution in [1.82, 2.24) is 0 Å². The highest BCUT2D eigenvalue weighted by atomic mass is 16.5. The lowest BCUT2D eigenvalue weighted by atomic mass is 10.0. The first-order valence-electron chi connectivity index (χ1n) is 9.80. The number of rotatable bonds is 6. The zero-order valence-corrected chi connectivity index (χ0v) is 17.2. The Hall–Kier alpha value is -3.67. The second-order valence-electron chi connectivity index (χ2n) is 6.78. The zero-order chi connectivity index (χ0) is 21.1. The average molecular weight is 404 g/mol. The number of fused-ring (bicyclic) bond motifs is 1. The average Bonchev–Trinajstić information content (AvgIpc) is 2.79. The predicted molar refractivity (Wildman–Crippen MR) is 117 cm³/mol. The second-order valence-corrected chi connectivity index (χ2v) is 6.78. The molecule has 0 fully saturated rings. The minimum absolute atomic E-state index is 0.105. The van der Waals surface area contributed by atoms with E-state index in [0.29, 0.717) is 29.4 Å². The number of para-hydroxylation sites is 2. The number of ether oxygens (including phenoxy) is 3. The van der Waals surface area contributed by atoms with Crippen LogP contribution in [0.3, 0.4) is 0 Å². The van der Waals surface area contributed by atoms with Crippen molar-refractivity contribution in [1.29, 1.82) is 0 Å². The number of nitrogens with zero attached hydrogens (tertiary/aromatic N) is 1. The van der Waals surface area contributed by atoms with E-state index in [1.807, 2.05) is 73.7 Å². The number of carbonyl (C=O) groups excluding carboxylic acids is 1. The molecule has 0 saturated carbocycles. The number of methoxy groups -OCH3 is 2. The smallest absolute Gasteiger partial charge is 0.262 e.